The second-order valence-electron chi connectivity index (χ2n) is 3.52. The highest BCUT2D eigenvalue weighted by atomic mass is 16.5. The lowest BCUT2D eigenvalue weighted by atomic mass is 10.2. The van der Waals surface area contributed by atoms with Gasteiger partial charge in [-0.3, -0.25) is 4.79 Å². The molecule has 0 fully saturated rings. The molecule has 90 valence electrons. The van der Waals surface area contributed by atoms with Crippen molar-refractivity contribution >= 4 is 5.91 Å². The maximum absolute atomic E-state index is 11.6. The van der Waals surface area contributed by atoms with Crippen molar-refractivity contribution in [3.8, 4) is 0 Å². The van der Waals surface area contributed by atoms with Gasteiger partial charge < -0.3 is 20.4 Å². The number of methoxy groups -OCH3 is 1. The van der Waals surface area contributed by atoms with Crippen molar-refractivity contribution in [3.63, 3.8) is 0 Å². The third kappa shape index (κ3) is 4.04. The molecule has 0 aliphatic carbocycles. The molecule has 5 heteroatoms. The summed E-state index contributed by atoms with van der Waals surface area (Å²) in [5, 5.41) is 5.99. The third-order valence-corrected chi connectivity index (χ3v) is 2.27. The highest BCUT2D eigenvalue weighted by Crippen LogP contribution is 2.03. The standard InChI is InChI=1S/C11H19N3O2/c1-9-10(3-4-13-9)11(15)14-6-5-12-7-8-16-2/h3-4,12-13H,5-8H2,1-2H3,(H,14,15). The van der Waals surface area contributed by atoms with Crippen LogP contribution in [0, 0.1) is 6.92 Å². The van der Waals surface area contributed by atoms with E-state index in [1.807, 2.05) is 6.92 Å². The van der Waals surface area contributed by atoms with E-state index in [1.54, 1.807) is 19.4 Å². The Hall–Kier alpha value is -1.33. The van der Waals surface area contributed by atoms with Crippen LogP contribution < -0.4 is 10.6 Å². The number of aromatic nitrogens is 1. The van der Waals surface area contributed by atoms with Crippen LogP contribution in [0.15, 0.2) is 12.3 Å². The second-order valence-corrected chi connectivity index (χ2v) is 3.52. The summed E-state index contributed by atoms with van der Waals surface area (Å²) in [4.78, 5) is 14.6. The Morgan fingerprint density at radius 3 is 2.88 bits per heavy atom. The maximum atomic E-state index is 11.6. The van der Waals surface area contributed by atoms with Gasteiger partial charge in [-0.15, -0.1) is 0 Å². The fourth-order valence-corrected chi connectivity index (χ4v) is 1.36. The fourth-order valence-electron chi connectivity index (χ4n) is 1.36. The smallest absolute Gasteiger partial charge is 0.253 e. The van der Waals surface area contributed by atoms with Gasteiger partial charge >= 0.3 is 0 Å². The lowest BCUT2D eigenvalue weighted by Crippen LogP contribution is -2.33. The summed E-state index contributed by atoms with van der Waals surface area (Å²) in [5.41, 5.74) is 1.60. The first kappa shape index (κ1) is 12.7. The summed E-state index contributed by atoms with van der Waals surface area (Å²) in [6.07, 6.45) is 1.76. The number of carbonyl (C=O) groups is 1. The quantitative estimate of drug-likeness (QED) is 0.584. The number of amides is 1. The zero-order valence-electron chi connectivity index (χ0n) is 9.80. The number of carbonyl (C=O) groups excluding carboxylic acids is 1. The van der Waals surface area contributed by atoms with Gasteiger partial charge in [0.2, 0.25) is 0 Å². The Bertz CT molecular complexity index is 323. The van der Waals surface area contributed by atoms with Crippen LogP contribution in [-0.2, 0) is 4.74 Å². The SMILES string of the molecule is COCCNCCNC(=O)c1cc[nH]c1C. The van der Waals surface area contributed by atoms with Crippen LogP contribution >= 0.6 is 0 Å². The molecule has 0 radical (unpaired) electrons. The molecule has 1 aromatic heterocycles. The van der Waals surface area contributed by atoms with Crippen molar-refractivity contribution in [1.82, 2.24) is 15.6 Å². The topological polar surface area (TPSA) is 66.2 Å². The Morgan fingerprint density at radius 2 is 2.25 bits per heavy atom. The van der Waals surface area contributed by atoms with Crippen LogP contribution in [0.1, 0.15) is 16.1 Å². The number of hydrogen-bond acceptors (Lipinski definition) is 3. The third-order valence-electron chi connectivity index (χ3n) is 2.27. The Kier molecular flexibility index (Phi) is 5.60. The molecule has 16 heavy (non-hydrogen) atoms. The van der Waals surface area contributed by atoms with Gasteiger partial charge in [0.25, 0.3) is 5.91 Å². The average molecular weight is 225 g/mol. The first-order chi connectivity index (χ1) is 7.75. The summed E-state index contributed by atoms with van der Waals surface area (Å²) in [6, 6.07) is 1.78. The molecule has 0 spiro atoms. The summed E-state index contributed by atoms with van der Waals surface area (Å²) < 4.78 is 4.89. The van der Waals surface area contributed by atoms with Crippen LogP contribution in [0.5, 0.6) is 0 Å². The van der Waals surface area contributed by atoms with Gasteiger partial charge in [-0.2, -0.15) is 0 Å². The second kappa shape index (κ2) is 7.03. The molecule has 0 atom stereocenters. The van der Waals surface area contributed by atoms with Crippen LogP contribution in [0.25, 0.3) is 0 Å². The van der Waals surface area contributed by atoms with Gasteiger partial charge in [0.05, 0.1) is 12.2 Å². The minimum absolute atomic E-state index is 0.0349. The number of hydrogen-bond donors (Lipinski definition) is 3. The Morgan fingerprint density at radius 1 is 1.44 bits per heavy atom. The van der Waals surface area contributed by atoms with Crippen molar-refractivity contribution in [2.45, 2.75) is 6.92 Å². The average Bonchev–Trinajstić information content (AvgIpc) is 2.69. The Labute approximate surface area is 95.6 Å². The lowest BCUT2D eigenvalue weighted by molar-refractivity contribution is 0.0953. The van der Waals surface area contributed by atoms with Crippen LogP contribution in [0.2, 0.25) is 0 Å². The van der Waals surface area contributed by atoms with Gasteiger partial charge in [0.1, 0.15) is 0 Å². The molecule has 1 amide bonds. The van der Waals surface area contributed by atoms with Crippen molar-refractivity contribution in [2.75, 3.05) is 33.4 Å². The molecule has 0 bridgehead atoms. The van der Waals surface area contributed by atoms with Crippen molar-refractivity contribution in [1.29, 1.82) is 0 Å². The number of rotatable bonds is 7. The normalized spacial score (nSPS) is 10.4. The van der Waals surface area contributed by atoms with Gasteiger partial charge in [-0.1, -0.05) is 0 Å². The van der Waals surface area contributed by atoms with E-state index in [2.05, 4.69) is 15.6 Å². The molecule has 1 heterocycles. The molecule has 0 aliphatic rings. The van der Waals surface area contributed by atoms with Crippen molar-refractivity contribution in [2.24, 2.45) is 0 Å². The molecule has 5 nitrogen and oxygen atoms in total. The van der Waals surface area contributed by atoms with E-state index in [0.29, 0.717) is 18.7 Å². The molecule has 1 rings (SSSR count). The molecular weight excluding hydrogens is 206 g/mol. The van der Waals surface area contributed by atoms with E-state index in [9.17, 15) is 4.79 Å². The van der Waals surface area contributed by atoms with Crippen LogP contribution in [0.3, 0.4) is 0 Å². The number of aromatic amines is 1. The monoisotopic (exact) mass is 225 g/mol. The van der Waals surface area contributed by atoms with Gasteiger partial charge in [0, 0.05) is 38.6 Å². The molecule has 0 unspecified atom stereocenters. The highest BCUT2D eigenvalue weighted by Gasteiger charge is 2.07. The summed E-state index contributed by atoms with van der Waals surface area (Å²) in [6.45, 7) is 4.73. The minimum atomic E-state index is -0.0349. The molecule has 1 aromatic rings. The highest BCUT2D eigenvalue weighted by molar-refractivity contribution is 5.95. The minimum Gasteiger partial charge on any atom is -0.383 e. The number of ether oxygens (including phenoxy) is 1. The molecule has 0 aromatic carbocycles. The van der Waals surface area contributed by atoms with Gasteiger partial charge in [-0.25, -0.2) is 0 Å². The predicted octanol–water partition coefficient (Wildman–Crippen LogP) is 0.289. The maximum Gasteiger partial charge on any atom is 0.253 e. The number of H-pyrrole nitrogens is 1. The molecule has 3 N–H and O–H groups in total. The largest absolute Gasteiger partial charge is 0.383 e. The summed E-state index contributed by atoms with van der Waals surface area (Å²) in [5.74, 6) is -0.0349. The van der Waals surface area contributed by atoms with E-state index in [-0.39, 0.29) is 5.91 Å². The zero-order chi connectivity index (χ0) is 11.8. The predicted molar refractivity (Wildman–Crippen MR) is 62.6 cm³/mol. The van der Waals surface area contributed by atoms with Gasteiger partial charge in [-0.05, 0) is 13.0 Å². The first-order valence-corrected chi connectivity index (χ1v) is 5.37. The van der Waals surface area contributed by atoms with Crippen molar-refractivity contribution in [3.05, 3.63) is 23.5 Å². The summed E-state index contributed by atoms with van der Waals surface area (Å²) >= 11 is 0. The molecule has 0 saturated carbocycles. The van der Waals surface area contributed by atoms with Crippen LogP contribution in [0.4, 0.5) is 0 Å². The van der Waals surface area contributed by atoms with E-state index in [0.717, 1.165) is 18.8 Å². The van der Waals surface area contributed by atoms with Crippen molar-refractivity contribution < 1.29 is 9.53 Å². The molecule has 0 aliphatic heterocycles. The first-order valence-electron chi connectivity index (χ1n) is 5.37. The summed E-state index contributed by atoms with van der Waals surface area (Å²) in [7, 11) is 1.66. The number of aryl methyl sites for hydroxylation is 1. The zero-order valence-corrected chi connectivity index (χ0v) is 9.80. The molecular formula is C11H19N3O2. The Balaban J connectivity index is 2.14. The fraction of sp³-hybridized carbons (Fsp3) is 0.545. The van der Waals surface area contributed by atoms with E-state index < -0.39 is 0 Å². The van der Waals surface area contributed by atoms with E-state index in [4.69, 9.17) is 4.74 Å². The van der Waals surface area contributed by atoms with Gasteiger partial charge in [0.15, 0.2) is 0 Å². The number of nitrogens with one attached hydrogen (secondary N) is 3. The lowest BCUT2D eigenvalue weighted by Gasteiger charge is -2.06. The van der Waals surface area contributed by atoms with E-state index in [1.165, 1.54) is 0 Å². The van der Waals surface area contributed by atoms with Crippen LogP contribution in [-0.4, -0.2) is 44.2 Å². The van der Waals surface area contributed by atoms with E-state index >= 15 is 0 Å². The molecule has 0 saturated heterocycles.